The number of carbonyl (C=O) groups excluding carboxylic acids is 1. The highest BCUT2D eigenvalue weighted by atomic mass is 32.1. The average Bonchev–Trinajstić information content (AvgIpc) is 3.38. The van der Waals surface area contributed by atoms with Crippen molar-refractivity contribution in [2.24, 2.45) is 0 Å². The molecule has 7 nitrogen and oxygen atoms in total. The maximum atomic E-state index is 13.5. The van der Waals surface area contributed by atoms with Crippen molar-refractivity contribution in [2.45, 2.75) is 6.92 Å². The second-order valence-corrected chi connectivity index (χ2v) is 10.9. The van der Waals surface area contributed by atoms with Gasteiger partial charge in [-0.25, -0.2) is 4.98 Å². The number of anilines is 2. The number of thiophene rings is 1. The summed E-state index contributed by atoms with van der Waals surface area (Å²) in [4.78, 5) is 19.5. The smallest absolute Gasteiger partial charge is 0.267 e. The first-order valence-corrected chi connectivity index (χ1v) is 14.4. The van der Waals surface area contributed by atoms with Gasteiger partial charge in [0.1, 0.15) is 21.2 Å². The highest BCUT2D eigenvalue weighted by Gasteiger charge is 2.22. The minimum Gasteiger partial charge on any atom is -0.493 e. The van der Waals surface area contributed by atoms with Crippen molar-refractivity contribution in [3.8, 4) is 45.4 Å². The van der Waals surface area contributed by atoms with Crippen LogP contribution in [0.25, 0.3) is 32.6 Å². The van der Waals surface area contributed by atoms with Crippen LogP contribution in [0.2, 0.25) is 0 Å². The van der Waals surface area contributed by atoms with Crippen molar-refractivity contribution in [3.05, 3.63) is 114 Å². The van der Waals surface area contributed by atoms with Crippen LogP contribution in [0.3, 0.4) is 0 Å². The number of pyridine rings is 1. The van der Waals surface area contributed by atoms with E-state index in [0.29, 0.717) is 43.7 Å². The predicted octanol–water partition coefficient (Wildman–Crippen LogP) is 8.58. The molecule has 2 heterocycles. The first-order chi connectivity index (χ1) is 20.9. The van der Waals surface area contributed by atoms with Crippen LogP contribution in [0.4, 0.5) is 11.4 Å². The summed E-state index contributed by atoms with van der Waals surface area (Å²) in [6.07, 6.45) is 0. The number of fused-ring (bicyclic) bond motifs is 1. The van der Waals surface area contributed by atoms with Crippen LogP contribution in [0.1, 0.15) is 15.2 Å². The van der Waals surface area contributed by atoms with Crippen LogP contribution >= 0.6 is 11.3 Å². The number of nitrogens with zero attached hydrogens (tertiary/aromatic N) is 1. The van der Waals surface area contributed by atoms with Crippen molar-refractivity contribution in [1.82, 2.24) is 4.98 Å². The Morgan fingerprint density at radius 3 is 2.16 bits per heavy atom. The number of benzene rings is 4. The topological polar surface area (TPSA) is 95.7 Å². The number of nitrogen functional groups attached to an aromatic ring is 1. The number of ether oxygens (including phenoxy) is 3. The number of rotatable bonds is 8. The molecule has 0 atom stereocenters. The van der Waals surface area contributed by atoms with Crippen molar-refractivity contribution < 1.29 is 19.0 Å². The lowest BCUT2D eigenvalue weighted by Gasteiger charge is -2.12. The van der Waals surface area contributed by atoms with Crippen molar-refractivity contribution >= 4 is 38.8 Å². The normalized spacial score (nSPS) is 10.9. The molecule has 0 spiro atoms. The maximum Gasteiger partial charge on any atom is 0.267 e. The van der Waals surface area contributed by atoms with Crippen molar-refractivity contribution in [1.29, 1.82) is 0 Å². The molecule has 43 heavy (non-hydrogen) atoms. The number of nitrogens with two attached hydrogens (primary N) is 1. The molecule has 214 valence electrons. The van der Waals surface area contributed by atoms with Crippen molar-refractivity contribution in [3.63, 3.8) is 0 Å². The van der Waals surface area contributed by atoms with Gasteiger partial charge in [-0.2, -0.15) is 0 Å². The largest absolute Gasteiger partial charge is 0.493 e. The molecule has 0 saturated heterocycles. The summed E-state index contributed by atoms with van der Waals surface area (Å²) in [5, 5.41) is 3.68. The van der Waals surface area contributed by atoms with Crippen LogP contribution in [0.15, 0.2) is 103 Å². The van der Waals surface area contributed by atoms with E-state index in [-0.39, 0.29) is 5.91 Å². The summed E-state index contributed by atoms with van der Waals surface area (Å²) >= 11 is 1.27. The highest BCUT2D eigenvalue weighted by molar-refractivity contribution is 7.21. The fourth-order valence-corrected chi connectivity index (χ4v) is 5.83. The number of para-hydroxylation sites is 1. The van der Waals surface area contributed by atoms with Gasteiger partial charge in [0.05, 0.1) is 25.6 Å². The van der Waals surface area contributed by atoms with Gasteiger partial charge < -0.3 is 25.3 Å². The second-order valence-electron chi connectivity index (χ2n) is 9.91. The summed E-state index contributed by atoms with van der Waals surface area (Å²) in [6.45, 7) is 2.05. The van der Waals surface area contributed by atoms with Crippen molar-refractivity contribution in [2.75, 3.05) is 25.3 Å². The van der Waals surface area contributed by atoms with Crippen LogP contribution < -0.4 is 25.3 Å². The number of hydrogen-bond donors (Lipinski definition) is 2. The fourth-order valence-electron chi connectivity index (χ4n) is 4.81. The molecule has 0 aliphatic carbocycles. The number of aryl methyl sites for hydroxylation is 1. The van der Waals surface area contributed by atoms with Crippen LogP contribution in [0.5, 0.6) is 23.0 Å². The summed E-state index contributed by atoms with van der Waals surface area (Å²) in [7, 11) is 3.20. The standard InChI is InChI=1S/C35H29N3O4S/c1-21-9-11-22(12-10-21)28-20-27(23-13-18-29(40-2)30(19-23)41-3)31-32(36)33(43-35(31)38-28)34(39)37-24-14-16-26(17-15-24)42-25-7-5-4-6-8-25/h4-20H,36H2,1-3H3,(H,37,39). The molecule has 3 N–H and O–H groups in total. The summed E-state index contributed by atoms with van der Waals surface area (Å²) in [6, 6.07) is 32.6. The quantitative estimate of drug-likeness (QED) is 0.185. The first-order valence-electron chi connectivity index (χ1n) is 13.6. The molecule has 0 saturated carbocycles. The lowest BCUT2D eigenvalue weighted by molar-refractivity contribution is 0.103. The second kappa shape index (κ2) is 11.9. The Balaban J connectivity index is 1.38. The van der Waals surface area contributed by atoms with Gasteiger partial charge in [-0.3, -0.25) is 4.79 Å². The van der Waals surface area contributed by atoms with Gasteiger partial charge in [-0.15, -0.1) is 11.3 Å². The molecule has 8 heteroatoms. The number of carbonyl (C=O) groups is 1. The van der Waals surface area contributed by atoms with Gasteiger partial charge in [0.25, 0.3) is 5.91 Å². The summed E-state index contributed by atoms with van der Waals surface area (Å²) in [5.41, 5.74) is 12.3. The Labute approximate surface area is 253 Å². The molecule has 0 aliphatic rings. The third-order valence-corrected chi connectivity index (χ3v) is 8.14. The zero-order valence-electron chi connectivity index (χ0n) is 23.9. The van der Waals surface area contributed by atoms with E-state index >= 15 is 0 Å². The number of hydrogen-bond acceptors (Lipinski definition) is 7. The predicted molar refractivity (Wildman–Crippen MR) is 174 cm³/mol. The van der Waals surface area contributed by atoms with E-state index in [1.807, 2.05) is 85.8 Å². The van der Waals surface area contributed by atoms with Gasteiger partial charge >= 0.3 is 0 Å². The SMILES string of the molecule is COc1ccc(-c2cc(-c3ccc(C)cc3)nc3sc(C(=O)Nc4ccc(Oc5ccccc5)cc4)c(N)c23)cc1OC. The molecule has 0 bridgehead atoms. The Hall–Kier alpha value is -5.34. The first kappa shape index (κ1) is 27.8. The highest BCUT2D eigenvalue weighted by Crippen LogP contribution is 2.43. The molecular weight excluding hydrogens is 558 g/mol. The lowest BCUT2D eigenvalue weighted by atomic mass is 9.98. The van der Waals surface area contributed by atoms with Crippen LogP contribution in [0, 0.1) is 6.92 Å². The molecule has 4 aromatic carbocycles. The molecule has 2 aromatic heterocycles. The fraction of sp³-hybridized carbons (Fsp3) is 0.0857. The van der Waals surface area contributed by atoms with Gasteiger partial charge in [0, 0.05) is 16.6 Å². The number of amides is 1. The third-order valence-electron chi connectivity index (χ3n) is 7.04. The number of nitrogens with one attached hydrogen (secondary N) is 1. The molecular formula is C35H29N3O4S. The molecule has 6 rings (SSSR count). The molecule has 0 unspecified atom stereocenters. The molecule has 6 aromatic rings. The number of aromatic nitrogens is 1. The molecule has 1 amide bonds. The summed E-state index contributed by atoms with van der Waals surface area (Å²) < 4.78 is 16.9. The van der Waals surface area contributed by atoms with Gasteiger partial charge in [0.15, 0.2) is 11.5 Å². The van der Waals surface area contributed by atoms with E-state index in [9.17, 15) is 4.79 Å². The van der Waals surface area contributed by atoms with E-state index in [2.05, 4.69) is 17.4 Å². The molecule has 0 radical (unpaired) electrons. The minimum atomic E-state index is -0.313. The Bertz CT molecular complexity index is 1920. The van der Waals surface area contributed by atoms with E-state index in [1.54, 1.807) is 26.4 Å². The van der Waals surface area contributed by atoms with Gasteiger partial charge in [0.2, 0.25) is 0 Å². The Morgan fingerprint density at radius 2 is 1.47 bits per heavy atom. The average molecular weight is 588 g/mol. The minimum absolute atomic E-state index is 0.313. The van der Waals surface area contributed by atoms with Gasteiger partial charge in [-0.1, -0.05) is 54.1 Å². The zero-order chi connectivity index (χ0) is 29.9. The monoisotopic (exact) mass is 587 g/mol. The Morgan fingerprint density at radius 1 is 0.791 bits per heavy atom. The zero-order valence-corrected chi connectivity index (χ0v) is 24.7. The van der Waals surface area contributed by atoms with Crippen LogP contribution in [-0.4, -0.2) is 25.1 Å². The van der Waals surface area contributed by atoms with E-state index in [1.165, 1.54) is 11.3 Å². The van der Waals surface area contributed by atoms with Gasteiger partial charge in [-0.05, 0) is 72.6 Å². The van der Waals surface area contributed by atoms with E-state index in [0.717, 1.165) is 33.7 Å². The summed E-state index contributed by atoms with van der Waals surface area (Å²) in [5.74, 6) is 2.30. The lowest BCUT2D eigenvalue weighted by Crippen LogP contribution is -2.11. The number of methoxy groups -OCH3 is 2. The molecule has 0 fully saturated rings. The maximum absolute atomic E-state index is 13.5. The van der Waals surface area contributed by atoms with E-state index < -0.39 is 0 Å². The Kier molecular flexibility index (Phi) is 7.68. The molecule has 0 aliphatic heterocycles. The van der Waals surface area contributed by atoms with E-state index in [4.69, 9.17) is 24.9 Å². The third kappa shape index (κ3) is 5.73. The van der Waals surface area contributed by atoms with Crippen LogP contribution in [-0.2, 0) is 0 Å².